The maximum Gasteiger partial charge on any atom is 0.228 e. The normalized spacial score (nSPS) is 13.7. The molecule has 2 aromatic carbocycles. The van der Waals surface area contributed by atoms with E-state index >= 15 is 0 Å². The summed E-state index contributed by atoms with van der Waals surface area (Å²) < 4.78 is 1.74. The molecule has 1 aromatic heterocycles. The molecular formula is C19H17N3O2S. The van der Waals surface area contributed by atoms with Crippen LogP contribution < -0.4 is 10.3 Å². The molecule has 0 saturated heterocycles. The molecule has 0 bridgehead atoms. The molecule has 6 heteroatoms. The fourth-order valence-corrected chi connectivity index (χ4v) is 4.10. The van der Waals surface area contributed by atoms with Gasteiger partial charge < -0.3 is 4.90 Å². The number of amides is 1. The van der Waals surface area contributed by atoms with Crippen molar-refractivity contribution in [1.29, 1.82) is 0 Å². The molecule has 0 unspecified atom stereocenters. The number of aryl methyl sites for hydroxylation is 1. The third-order valence-corrected chi connectivity index (χ3v) is 5.37. The molecule has 3 aromatic rings. The topological polar surface area (TPSA) is 55.2 Å². The lowest BCUT2D eigenvalue weighted by molar-refractivity contribution is -0.118. The number of nitrogens with zero attached hydrogens (tertiary/aromatic N) is 3. The van der Waals surface area contributed by atoms with Crippen LogP contribution in [-0.4, -0.2) is 28.0 Å². The van der Waals surface area contributed by atoms with Crippen LogP contribution in [0.5, 0.6) is 0 Å². The zero-order chi connectivity index (χ0) is 17.2. The highest BCUT2D eigenvalue weighted by Crippen LogP contribution is 2.34. The van der Waals surface area contributed by atoms with Crippen LogP contribution in [0.3, 0.4) is 0 Å². The van der Waals surface area contributed by atoms with Crippen molar-refractivity contribution in [3.63, 3.8) is 0 Å². The summed E-state index contributed by atoms with van der Waals surface area (Å²) in [5, 5.41) is 4.83. The average molecular weight is 351 g/mol. The van der Waals surface area contributed by atoms with Gasteiger partial charge in [0, 0.05) is 29.0 Å². The van der Waals surface area contributed by atoms with Gasteiger partial charge in [0.15, 0.2) is 0 Å². The number of thioether (sulfide) groups is 1. The summed E-state index contributed by atoms with van der Waals surface area (Å²) in [5.74, 6) is 0.986. The molecule has 0 atom stereocenters. The molecule has 0 aliphatic carbocycles. The number of benzene rings is 2. The van der Waals surface area contributed by atoms with E-state index < -0.39 is 0 Å². The SMILES string of the molecule is O=C(CCn1ncc(=O)c2ccccc21)N1CCSc2ccccc21. The molecule has 0 fully saturated rings. The van der Waals surface area contributed by atoms with Crippen molar-refractivity contribution in [1.82, 2.24) is 9.78 Å². The summed E-state index contributed by atoms with van der Waals surface area (Å²) in [6.07, 6.45) is 1.67. The molecular weight excluding hydrogens is 334 g/mol. The van der Waals surface area contributed by atoms with Crippen LogP contribution >= 0.6 is 11.8 Å². The summed E-state index contributed by atoms with van der Waals surface area (Å²) in [4.78, 5) is 27.7. The molecule has 2 heterocycles. The molecule has 126 valence electrons. The Labute approximate surface area is 149 Å². The molecule has 1 aliphatic rings. The van der Waals surface area contributed by atoms with Gasteiger partial charge in [-0.1, -0.05) is 24.3 Å². The zero-order valence-corrected chi connectivity index (χ0v) is 14.4. The van der Waals surface area contributed by atoms with E-state index in [1.165, 1.54) is 6.20 Å². The first-order chi connectivity index (χ1) is 12.2. The predicted molar refractivity (Wildman–Crippen MR) is 100 cm³/mol. The number of fused-ring (bicyclic) bond motifs is 2. The van der Waals surface area contributed by atoms with Crippen LogP contribution in [0.25, 0.3) is 10.9 Å². The summed E-state index contributed by atoms with van der Waals surface area (Å²) in [5.41, 5.74) is 1.65. The first-order valence-corrected chi connectivity index (χ1v) is 9.20. The number of aromatic nitrogens is 2. The molecule has 5 nitrogen and oxygen atoms in total. The molecule has 0 radical (unpaired) electrons. The van der Waals surface area contributed by atoms with Crippen LogP contribution in [-0.2, 0) is 11.3 Å². The van der Waals surface area contributed by atoms with Gasteiger partial charge in [-0.15, -0.1) is 11.8 Å². The Morgan fingerprint density at radius 1 is 1.12 bits per heavy atom. The smallest absolute Gasteiger partial charge is 0.228 e. The van der Waals surface area contributed by atoms with Crippen LogP contribution in [0.4, 0.5) is 5.69 Å². The van der Waals surface area contributed by atoms with Crippen molar-refractivity contribution >= 4 is 34.3 Å². The van der Waals surface area contributed by atoms with Gasteiger partial charge in [0.05, 0.1) is 23.9 Å². The van der Waals surface area contributed by atoms with Gasteiger partial charge in [-0.25, -0.2) is 0 Å². The minimum absolute atomic E-state index is 0.0809. The van der Waals surface area contributed by atoms with Gasteiger partial charge in [0.2, 0.25) is 11.3 Å². The number of para-hydroxylation sites is 2. The van der Waals surface area contributed by atoms with Gasteiger partial charge >= 0.3 is 0 Å². The Bertz CT molecular complexity index is 999. The molecule has 0 spiro atoms. The lowest BCUT2D eigenvalue weighted by Gasteiger charge is -2.29. The Kier molecular flexibility index (Phi) is 4.28. The van der Waals surface area contributed by atoms with Gasteiger partial charge in [-0.05, 0) is 24.3 Å². The van der Waals surface area contributed by atoms with Crippen molar-refractivity contribution in [2.24, 2.45) is 0 Å². The van der Waals surface area contributed by atoms with E-state index in [0.29, 0.717) is 18.4 Å². The van der Waals surface area contributed by atoms with E-state index in [2.05, 4.69) is 11.2 Å². The van der Waals surface area contributed by atoms with E-state index in [1.54, 1.807) is 22.5 Å². The van der Waals surface area contributed by atoms with Crippen molar-refractivity contribution in [2.75, 3.05) is 17.2 Å². The minimum Gasteiger partial charge on any atom is -0.310 e. The van der Waals surface area contributed by atoms with Crippen LogP contribution in [0.2, 0.25) is 0 Å². The van der Waals surface area contributed by atoms with Gasteiger partial charge in [-0.2, -0.15) is 5.10 Å². The number of carbonyl (C=O) groups excluding carboxylic acids is 1. The fourth-order valence-electron chi connectivity index (χ4n) is 3.10. The Balaban J connectivity index is 1.56. The molecule has 1 aliphatic heterocycles. The fraction of sp³-hybridized carbons (Fsp3) is 0.211. The average Bonchev–Trinajstić information content (AvgIpc) is 2.67. The minimum atomic E-state index is -0.0971. The third-order valence-electron chi connectivity index (χ3n) is 4.33. The summed E-state index contributed by atoms with van der Waals surface area (Å²) >= 11 is 1.78. The van der Waals surface area contributed by atoms with E-state index in [1.807, 2.05) is 41.3 Å². The standard InChI is InChI=1S/C19H17N3O2S/c23-17-13-20-22(15-6-2-1-5-14(15)17)10-9-19(24)21-11-12-25-18-8-4-3-7-16(18)21/h1-8,13H,9-12H2. The molecule has 1 amide bonds. The maximum absolute atomic E-state index is 12.8. The van der Waals surface area contributed by atoms with Gasteiger partial charge in [0.25, 0.3) is 0 Å². The largest absolute Gasteiger partial charge is 0.310 e. The second-order valence-electron chi connectivity index (χ2n) is 5.86. The first kappa shape index (κ1) is 15.9. The highest BCUT2D eigenvalue weighted by Gasteiger charge is 2.22. The molecule has 4 rings (SSSR count). The summed E-state index contributed by atoms with van der Waals surface area (Å²) in [6.45, 7) is 1.17. The summed E-state index contributed by atoms with van der Waals surface area (Å²) in [6, 6.07) is 15.4. The van der Waals surface area contributed by atoms with E-state index in [9.17, 15) is 9.59 Å². The second-order valence-corrected chi connectivity index (χ2v) is 7.00. The molecule has 0 saturated carbocycles. The quantitative estimate of drug-likeness (QED) is 0.728. The first-order valence-electron chi connectivity index (χ1n) is 8.21. The molecule has 25 heavy (non-hydrogen) atoms. The number of anilines is 1. The Morgan fingerprint density at radius 2 is 1.92 bits per heavy atom. The van der Waals surface area contributed by atoms with E-state index in [-0.39, 0.29) is 11.3 Å². The Hall–Kier alpha value is -2.60. The number of hydrogen-bond acceptors (Lipinski definition) is 4. The van der Waals surface area contributed by atoms with Crippen molar-refractivity contribution < 1.29 is 4.79 Å². The lowest BCUT2D eigenvalue weighted by Crippen LogP contribution is -2.36. The van der Waals surface area contributed by atoms with Crippen LogP contribution in [0.1, 0.15) is 6.42 Å². The van der Waals surface area contributed by atoms with Crippen LogP contribution in [0, 0.1) is 0 Å². The third kappa shape index (κ3) is 3.05. The predicted octanol–water partition coefficient (Wildman–Crippen LogP) is 2.93. The van der Waals surface area contributed by atoms with E-state index in [0.717, 1.165) is 28.4 Å². The number of rotatable bonds is 3. The van der Waals surface area contributed by atoms with Gasteiger partial charge in [0.1, 0.15) is 0 Å². The number of carbonyl (C=O) groups is 1. The van der Waals surface area contributed by atoms with Crippen molar-refractivity contribution in [3.8, 4) is 0 Å². The maximum atomic E-state index is 12.8. The summed E-state index contributed by atoms with van der Waals surface area (Å²) in [7, 11) is 0. The highest BCUT2D eigenvalue weighted by molar-refractivity contribution is 7.99. The molecule has 0 N–H and O–H groups in total. The van der Waals surface area contributed by atoms with Crippen LogP contribution in [0.15, 0.2) is 64.4 Å². The second kappa shape index (κ2) is 6.72. The number of hydrogen-bond donors (Lipinski definition) is 0. The highest BCUT2D eigenvalue weighted by atomic mass is 32.2. The van der Waals surface area contributed by atoms with E-state index in [4.69, 9.17) is 0 Å². The zero-order valence-electron chi connectivity index (χ0n) is 13.6. The van der Waals surface area contributed by atoms with Crippen molar-refractivity contribution in [2.45, 2.75) is 17.9 Å². The lowest BCUT2D eigenvalue weighted by atomic mass is 10.2. The van der Waals surface area contributed by atoms with Gasteiger partial charge in [-0.3, -0.25) is 14.3 Å². The Morgan fingerprint density at radius 3 is 2.84 bits per heavy atom. The monoisotopic (exact) mass is 351 g/mol. The van der Waals surface area contributed by atoms with Crippen molar-refractivity contribution in [3.05, 3.63) is 65.0 Å².